The summed E-state index contributed by atoms with van der Waals surface area (Å²) in [7, 11) is 0. The first-order chi connectivity index (χ1) is 30.7. The van der Waals surface area contributed by atoms with E-state index in [0.717, 1.165) is 92.3 Å². The third kappa shape index (κ3) is 14.1. The summed E-state index contributed by atoms with van der Waals surface area (Å²) in [5.74, 6) is 5.89. The molecule has 0 radical (unpaired) electrons. The Morgan fingerprint density at radius 2 is 1.69 bits per heavy atom. The minimum atomic E-state index is -1.14. The molecule has 4 atom stereocenters. The van der Waals surface area contributed by atoms with E-state index in [1.54, 1.807) is 4.90 Å². The molecule has 2 aromatic rings. The smallest absolute Gasteiger partial charge is 0.410 e. The largest absolute Gasteiger partial charge is 0.439 e. The number of aliphatic hydroxyl groups excluding tert-OH is 3. The van der Waals surface area contributed by atoms with Gasteiger partial charge in [-0.05, 0) is 107 Å². The molecule has 64 heavy (non-hydrogen) atoms. The quantitative estimate of drug-likeness (QED) is 0.0847. The minimum absolute atomic E-state index is 0.0369. The van der Waals surface area contributed by atoms with E-state index < -0.39 is 30.7 Å². The minimum Gasteiger partial charge on any atom is -0.439 e. The zero-order valence-corrected chi connectivity index (χ0v) is 38.7. The molecule has 0 bridgehead atoms. The molecule has 6 N–H and O–H groups in total. The predicted molar refractivity (Wildman–Crippen MR) is 244 cm³/mol. The van der Waals surface area contributed by atoms with Crippen LogP contribution in [0.15, 0.2) is 36.4 Å². The van der Waals surface area contributed by atoms with Gasteiger partial charge in [0.1, 0.15) is 6.10 Å². The molecule has 2 saturated heterocycles. The fourth-order valence-electron chi connectivity index (χ4n) is 9.36. The number of nitrogens with two attached hydrogens (primary N) is 1. The van der Waals surface area contributed by atoms with Crippen molar-refractivity contribution in [2.45, 2.75) is 155 Å². The molecule has 0 aromatic heterocycles. The van der Waals surface area contributed by atoms with Gasteiger partial charge in [-0.2, -0.15) is 0 Å². The molecule has 3 fully saturated rings. The summed E-state index contributed by atoms with van der Waals surface area (Å²) in [6.07, 6.45) is 6.05. The summed E-state index contributed by atoms with van der Waals surface area (Å²) in [5, 5.41) is 34.1. The van der Waals surface area contributed by atoms with Gasteiger partial charge in [0.05, 0.1) is 30.6 Å². The normalized spacial score (nSPS) is 23.8. The Balaban J connectivity index is 0.000000406. The van der Waals surface area contributed by atoms with Crippen LogP contribution in [0.3, 0.4) is 0 Å². The molecule has 356 valence electrons. The van der Waals surface area contributed by atoms with E-state index in [1.807, 2.05) is 41.0 Å². The summed E-state index contributed by atoms with van der Waals surface area (Å²) in [6, 6.07) is 11.9. The van der Waals surface area contributed by atoms with Crippen LogP contribution in [0.1, 0.15) is 114 Å². The highest BCUT2D eigenvalue weighted by Gasteiger charge is 2.39. The number of benzene rings is 2. The Bertz CT molecular complexity index is 1830. The topological polar surface area (TPSA) is 208 Å². The molecular weight excluding hydrogens is 821 g/mol. The van der Waals surface area contributed by atoms with Crippen LogP contribution in [0.5, 0.6) is 0 Å². The van der Waals surface area contributed by atoms with Crippen molar-refractivity contribution < 1.29 is 48.7 Å². The highest BCUT2D eigenvalue weighted by atomic mass is 16.7. The monoisotopic (exact) mass is 895 g/mol. The molecular formula is C48H74N6O10. The van der Waals surface area contributed by atoms with Gasteiger partial charge in [0.15, 0.2) is 12.9 Å². The molecule has 1 saturated carbocycles. The van der Waals surface area contributed by atoms with Crippen LogP contribution in [0.4, 0.5) is 21.0 Å². The van der Waals surface area contributed by atoms with E-state index in [0.29, 0.717) is 51.5 Å². The number of unbranched alkanes of at least 4 members (excludes halogenated alkanes) is 1. The number of carbonyl (C=O) groups is 4. The highest BCUT2D eigenvalue weighted by molar-refractivity contribution is 5.92. The number of para-hydroxylation sites is 1. The Morgan fingerprint density at radius 3 is 2.36 bits per heavy atom. The van der Waals surface area contributed by atoms with Gasteiger partial charge < -0.3 is 49.5 Å². The first kappa shape index (κ1) is 50.7. The second-order valence-corrected chi connectivity index (χ2v) is 17.9. The molecule has 3 heterocycles. The Hall–Kier alpha value is -4.32. The first-order valence-electron chi connectivity index (χ1n) is 23.5. The average Bonchev–Trinajstić information content (AvgIpc) is 3.45. The van der Waals surface area contributed by atoms with Gasteiger partial charge >= 0.3 is 12.1 Å². The lowest BCUT2D eigenvalue weighted by molar-refractivity contribution is -0.287. The zero-order valence-electron chi connectivity index (χ0n) is 38.7. The van der Waals surface area contributed by atoms with E-state index >= 15 is 0 Å². The van der Waals surface area contributed by atoms with E-state index in [-0.39, 0.29) is 49.6 Å². The lowest BCUT2D eigenvalue weighted by atomic mass is 9.85. The number of amides is 5. The van der Waals surface area contributed by atoms with E-state index in [4.69, 9.17) is 20.1 Å². The number of urea groups is 1. The van der Waals surface area contributed by atoms with Crippen LogP contribution < -0.4 is 16.2 Å². The van der Waals surface area contributed by atoms with E-state index in [1.165, 1.54) is 17.5 Å². The summed E-state index contributed by atoms with van der Waals surface area (Å²) >= 11 is 0. The SMILES string of the molecule is CCCCN(CCC1CCC(OC2OC(CO)CC(O)C2O)CC1)C(=O)COC(=O)N1CCC(N2CCc3ccccc3NC2=O)CC1.CCCc1cc(C)cc(C)c1N(N)C(C)=O. The second-order valence-electron chi connectivity index (χ2n) is 17.9. The maximum absolute atomic E-state index is 13.2. The van der Waals surface area contributed by atoms with Gasteiger partial charge in [-0.3, -0.25) is 9.59 Å². The standard InChI is InChI=1S/C35H54N4O9.C13H20N2O/c1-2-3-16-37(17-12-24-8-10-27(11-9-24)47-33-32(43)30(41)21-28(22-40)48-33)31(42)23-46-35(45)38-18-14-26(15-19-38)39-20-13-25-6-4-5-7-29(25)36-34(39)44;1-5-6-12-8-9(2)7-10(3)13(12)15(14)11(4)16/h4-7,24,26-28,30,32-33,40-41,43H,2-3,8-23H2,1H3,(H,36,44);7-8H,5-6,14H2,1-4H3. The summed E-state index contributed by atoms with van der Waals surface area (Å²) in [5.41, 5.74) is 6.25. The van der Waals surface area contributed by atoms with Crippen molar-refractivity contribution in [1.29, 1.82) is 0 Å². The molecule has 4 aliphatic rings. The van der Waals surface area contributed by atoms with E-state index in [9.17, 15) is 34.5 Å². The van der Waals surface area contributed by atoms with Crippen LogP contribution in [-0.4, -0.2) is 137 Å². The van der Waals surface area contributed by atoms with Crippen molar-refractivity contribution in [3.05, 3.63) is 58.7 Å². The number of hydrogen-bond acceptors (Lipinski definition) is 11. The first-order valence-corrected chi connectivity index (χ1v) is 23.5. The Labute approximate surface area is 379 Å². The van der Waals surface area contributed by atoms with Gasteiger partial charge in [0.25, 0.3) is 5.91 Å². The number of fused-ring (bicyclic) bond motifs is 1. The number of hydrogen-bond donors (Lipinski definition) is 5. The van der Waals surface area contributed by atoms with Crippen molar-refractivity contribution in [3.8, 4) is 0 Å². The zero-order chi connectivity index (χ0) is 46.3. The number of carbonyl (C=O) groups excluding carboxylic acids is 4. The van der Waals surface area contributed by atoms with Crippen LogP contribution in [0.25, 0.3) is 0 Å². The fourth-order valence-corrected chi connectivity index (χ4v) is 9.36. The molecule has 5 amide bonds. The predicted octanol–water partition coefficient (Wildman–Crippen LogP) is 5.58. The van der Waals surface area contributed by atoms with Crippen LogP contribution >= 0.6 is 0 Å². The maximum Gasteiger partial charge on any atom is 0.410 e. The van der Waals surface area contributed by atoms with Crippen molar-refractivity contribution >= 4 is 35.3 Å². The number of nitrogens with zero attached hydrogens (tertiary/aromatic N) is 4. The molecule has 16 nitrogen and oxygen atoms in total. The number of rotatable bonds is 15. The number of anilines is 2. The van der Waals surface area contributed by atoms with Gasteiger partial charge in [-0.25, -0.2) is 20.4 Å². The maximum atomic E-state index is 13.2. The van der Waals surface area contributed by atoms with Crippen molar-refractivity contribution in [1.82, 2.24) is 14.7 Å². The third-order valence-corrected chi connectivity index (χ3v) is 13.0. The number of ether oxygens (including phenoxy) is 3. The van der Waals surface area contributed by atoms with Crippen LogP contribution in [-0.2, 0) is 36.6 Å². The number of nitrogens with one attached hydrogen (secondary N) is 1. The fraction of sp³-hybridized carbons (Fsp3) is 0.667. The van der Waals surface area contributed by atoms with Crippen LogP contribution in [0, 0.1) is 19.8 Å². The van der Waals surface area contributed by atoms with Crippen molar-refractivity contribution in [3.63, 3.8) is 0 Å². The highest BCUT2D eigenvalue weighted by Crippen LogP contribution is 2.32. The lowest BCUT2D eigenvalue weighted by Gasteiger charge is -2.39. The lowest BCUT2D eigenvalue weighted by Crippen LogP contribution is -2.51. The number of aryl methyl sites for hydroxylation is 3. The molecule has 0 spiro atoms. The van der Waals surface area contributed by atoms with Gasteiger partial charge in [-0.15, -0.1) is 0 Å². The molecule has 6 rings (SSSR count). The Morgan fingerprint density at radius 1 is 0.969 bits per heavy atom. The molecule has 16 heteroatoms. The van der Waals surface area contributed by atoms with Gasteiger partial charge in [0.2, 0.25) is 5.91 Å². The molecule has 3 aliphatic heterocycles. The van der Waals surface area contributed by atoms with Gasteiger partial charge in [-0.1, -0.05) is 62.6 Å². The summed E-state index contributed by atoms with van der Waals surface area (Å²) < 4.78 is 17.1. The Kier molecular flexibility index (Phi) is 19.7. The number of likely N-dealkylation sites (tertiary alicyclic amines) is 1. The summed E-state index contributed by atoms with van der Waals surface area (Å²) in [6.45, 7) is 12.0. The molecule has 4 unspecified atom stereocenters. The number of hydrazine groups is 1. The van der Waals surface area contributed by atoms with Crippen LogP contribution in [0.2, 0.25) is 0 Å². The average molecular weight is 895 g/mol. The number of aliphatic hydroxyl groups is 3. The molecule has 1 aliphatic carbocycles. The van der Waals surface area contributed by atoms with Gasteiger partial charge in [0, 0.05) is 57.8 Å². The third-order valence-electron chi connectivity index (χ3n) is 13.0. The number of piperidine rings is 1. The summed E-state index contributed by atoms with van der Waals surface area (Å²) in [4.78, 5) is 55.7. The van der Waals surface area contributed by atoms with E-state index in [2.05, 4.69) is 38.2 Å². The van der Waals surface area contributed by atoms with Crippen molar-refractivity contribution in [2.75, 3.05) is 56.3 Å². The second kappa shape index (κ2) is 24.8. The molecule has 2 aromatic carbocycles. The van der Waals surface area contributed by atoms with Crippen molar-refractivity contribution in [2.24, 2.45) is 11.8 Å².